The Morgan fingerprint density at radius 3 is 2.70 bits per heavy atom. The standard InChI is InChI=1S/C20H18F2N4O/c21-14-3-6-17(22)13(9-14)10-26-8-7-16-18(11-26)24-19(25-20(16)27)12-1-4-15(23)5-2-12/h1-6,9H,7-8,10-11,23H2,(H,24,25,27). The first-order valence-corrected chi connectivity index (χ1v) is 8.64. The van der Waals surface area contributed by atoms with E-state index in [0.717, 1.165) is 17.7 Å². The Hall–Kier alpha value is -3.06. The largest absolute Gasteiger partial charge is 0.399 e. The monoisotopic (exact) mass is 368 g/mol. The lowest BCUT2D eigenvalue weighted by atomic mass is 10.0. The molecule has 0 aliphatic carbocycles. The number of aromatic nitrogens is 2. The van der Waals surface area contributed by atoms with Gasteiger partial charge in [-0.2, -0.15) is 0 Å². The fraction of sp³-hybridized carbons (Fsp3) is 0.200. The van der Waals surface area contributed by atoms with Crippen molar-refractivity contribution in [1.29, 1.82) is 0 Å². The summed E-state index contributed by atoms with van der Waals surface area (Å²) in [5.74, 6) is -0.440. The van der Waals surface area contributed by atoms with Crippen molar-refractivity contribution in [1.82, 2.24) is 14.9 Å². The lowest BCUT2D eigenvalue weighted by molar-refractivity contribution is 0.237. The van der Waals surface area contributed by atoms with E-state index >= 15 is 0 Å². The van der Waals surface area contributed by atoms with Gasteiger partial charge in [-0.1, -0.05) is 0 Å². The molecule has 0 amide bonds. The summed E-state index contributed by atoms with van der Waals surface area (Å²) in [6.07, 6.45) is 0.511. The Morgan fingerprint density at radius 1 is 1.15 bits per heavy atom. The molecule has 0 unspecified atom stereocenters. The molecule has 1 aliphatic heterocycles. The molecule has 5 nitrogen and oxygen atoms in total. The van der Waals surface area contributed by atoms with Crippen molar-refractivity contribution in [2.24, 2.45) is 0 Å². The third kappa shape index (κ3) is 3.59. The van der Waals surface area contributed by atoms with E-state index in [1.165, 1.54) is 6.07 Å². The van der Waals surface area contributed by atoms with Gasteiger partial charge >= 0.3 is 0 Å². The zero-order chi connectivity index (χ0) is 19.0. The van der Waals surface area contributed by atoms with Gasteiger partial charge in [-0.15, -0.1) is 0 Å². The van der Waals surface area contributed by atoms with Gasteiger partial charge in [-0.25, -0.2) is 13.8 Å². The highest BCUT2D eigenvalue weighted by Crippen LogP contribution is 2.21. The molecule has 0 bridgehead atoms. The summed E-state index contributed by atoms with van der Waals surface area (Å²) in [5.41, 5.74) is 8.53. The molecule has 2 heterocycles. The number of nitrogens with two attached hydrogens (primary N) is 1. The summed E-state index contributed by atoms with van der Waals surface area (Å²) >= 11 is 0. The quantitative estimate of drug-likeness (QED) is 0.697. The van der Waals surface area contributed by atoms with Crippen molar-refractivity contribution in [2.45, 2.75) is 19.5 Å². The summed E-state index contributed by atoms with van der Waals surface area (Å²) in [7, 11) is 0. The number of nitrogens with zero attached hydrogens (tertiary/aromatic N) is 2. The minimum Gasteiger partial charge on any atom is -0.399 e. The maximum Gasteiger partial charge on any atom is 0.254 e. The number of rotatable bonds is 3. The van der Waals surface area contributed by atoms with Crippen molar-refractivity contribution in [3.8, 4) is 11.4 Å². The molecule has 0 fully saturated rings. The molecular weight excluding hydrogens is 350 g/mol. The average Bonchev–Trinajstić information content (AvgIpc) is 2.65. The van der Waals surface area contributed by atoms with E-state index in [-0.39, 0.29) is 12.1 Å². The number of nitrogens with one attached hydrogen (secondary N) is 1. The third-order valence-corrected chi connectivity index (χ3v) is 4.74. The Labute approximate surface area is 154 Å². The van der Waals surface area contributed by atoms with Gasteiger partial charge in [0.05, 0.1) is 5.69 Å². The van der Waals surface area contributed by atoms with Crippen LogP contribution in [0.15, 0.2) is 47.3 Å². The number of anilines is 1. The lowest BCUT2D eigenvalue weighted by Gasteiger charge is -2.27. The van der Waals surface area contributed by atoms with Crippen LogP contribution >= 0.6 is 0 Å². The number of hydrogen-bond donors (Lipinski definition) is 2. The molecule has 3 N–H and O–H groups in total. The minimum absolute atomic E-state index is 0.164. The lowest BCUT2D eigenvalue weighted by Crippen LogP contribution is -2.35. The number of aromatic amines is 1. The van der Waals surface area contributed by atoms with Crippen LogP contribution in [0.2, 0.25) is 0 Å². The Kier molecular flexibility index (Phi) is 4.45. The van der Waals surface area contributed by atoms with Gasteiger partial charge in [0.25, 0.3) is 5.56 Å². The van der Waals surface area contributed by atoms with Gasteiger partial charge in [0.15, 0.2) is 0 Å². The van der Waals surface area contributed by atoms with E-state index in [2.05, 4.69) is 9.97 Å². The Bertz CT molecular complexity index is 1050. The summed E-state index contributed by atoms with van der Waals surface area (Å²) < 4.78 is 27.3. The number of hydrogen-bond acceptors (Lipinski definition) is 4. The number of fused-ring (bicyclic) bond motifs is 1. The van der Waals surface area contributed by atoms with Crippen LogP contribution in [-0.2, 0) is 19.5 Å². The van der Waals surface area contributed by atoms with Crippen LogP contribution in [0.25, 0.3) is 11.4 Å². The van der Waals surface area contributed by atoms with Crippen molar-refractivity contribution < 1.29 is 8.78 Å². The Morgan fingerprint density at radius 2 is 1.93 bits per heavy atom. The first kappa shape index (κ1) is 17.4. The molecule has 1 aromatic heterocycles. The van der Waals surface area contributed by atoms with Crippen molar-refractivity contribution in [3.63, 3.8) is 0 Å². The predicted molar refractivity (Wildman–Crippen MR) is 98.9 cm³/mol. The molecule has 0 atom stereocenters. The van der Waals surface area contributed by atoms with E-state index in [1.807, 2.05) is 4.90 Å². The topological polar surface area (TPSA) is 75.0 Å². The predicted octanol–water partition coefficient (Wildman–Crippen LogP) is 2.86. The molecule has 0 spiro atoms. The van der Waals surface area contributed by atoms with Crippen molar-refractivity contribution in [3.05, 3.63) is 81.3 Å². The van der Waals surface area contributed by atoms with Crippen LogP contribution in [0.3, 0.4) is 0 Å². The molecule has 0 saturated heterocycles. The molecule has 2 aromatic carbocycles. The van der Waals surface area contributed by atoms with Gasteiger partial charge in [-0.05, 0) is 48.9 Å². The van der Waals surface area contributed by atoms with Crippen LogP contribution in [-0.4, -0.2) is 21.4 Å². The minimum atomic E-state index is -0.469. The molecule has 138 valence electrons. The van der Waals surface area contributed by atoms with E-state index in [4.69, 9.17) is 5.73 Å². The first-order valence-electron chi connectivity index (χ1n) is 8.64. The first-order chi connectivity index (χ1) is 13.0. The summed E-state index contributed by atoms with van der Waals surface area (Å²) in [4.78, 5) is 21.8. The molecule has 7 heteroatoms. The molecule has 3 aromatic rings. The van der Waals surface area contributed by atoms with E-state index < -0.39 is 11.6 Å². The SMILES string of the molecule is Nc1ccc(-c2nc3c(c(=O)[nH]2)CCN(Cc2cc(F)ccc2F)C3)cc1. The summed E-state index contributed by atoms with van der Waals surface area (Å²) in [6, 6.07) is 10.5. The molecule has 4 rings (SSSR count). The van der Waals surface area contributed by atoms with Crippen LogP contribution in [0.4, 0.5) is 14.5 Å². The normalized spacial score (nSPS) is 14.1. The van der Waals surface area contributed by atoms with Gasteiger partial charge in [0, 0.05) is 42.0 Å². The number of halogens is 2. The number of nitrogen functional groups attached to an aromatic ring is 1. The fourth-order valence-electron chi connectivity index (χ4n) is 3.31. The summed E-state index contributed by atoms with van der Waals surface area (Å²) in [6.45, 7) is 1.24. The molecule has 1 aliphatic rings. The highest BCUT2D eigenvalue weighted by Gasteiger charge is 2.22. The van der Waals surface area contributed by atoms with Crippen LogP contribution < -0.4 is 11.3 Å². The van der Waals surface area contributed by atoms with Gasteiger partial charge in [-0.3, -0.25) is 9.69 Å². The second kappa shape index (κ2) is 6.92. The van der Waals surface area contributed by atoms with Gasteiger partial charge in [0.1, 0.15) is 17.5 Å². The van der Waals surface area contributed by atoms with E-state index in [0.29, 0.717) is 47.8 Å². The van der Waals surface area contributed by atoms with Crippen LogP contribution in [0.5, 0.6) is 0 Å². The maximum atomic E-state index is 13.9. The van der Waals surface area contributed by atoms with Crippen LogP contribution in [0, 0.1) is 11.6 Å². The van der Waals surface area contributed by atoms with Crippen molar-refractivity contribution in [2.75, 3.05) is 12.3 Å². The third-order valence-electron chi connectivity index (χ3n) is 4.74. The van der Waals surface area contributed by atoms with E-state index in [1.54, 1.807) is 24.3 Å². The van der Waals surface area contributed by atoms with Crippen LogP contribution in [0.1, 0.15) is 16.8 Å². The van der Waals surface area contributed by atoms with Gasteiger partial charge < -0.3 is 10.7 Å². The smallest absolute Gasteiger partial charge is 0.254 e. The zero-order valence-corrected chi connectivity index (χ0v) is 14.5. The van der Waals surface area contributed by atoms with Crippen molar-refractivity contribution >= 4 is 5.69 Å². The zero-order valence-electron chi connectivity index (χ0n) is 14.5. The molecular formula is C20H18F2N4O. The second-order valence-electron chi connectivity index (χ2n) is 6.66. The molecule has 27 heavy (non-hydrogen) atoms. The molecule has 0 saturated carbocycles. The number of H-pyrrole nitrogens is 1. The molecule has 0 radical (unpaired) electrons. The maximum absolute atomic E-state index is 13.9. The Balaban J connectivity index is 1.62. The highest BCUT2D eigenvalue weighted by atomic mass is 19.1. The summed E-state index contributed by atoms with van der Waals surface area (Å²) in [5, 5.41) is 0. The number of benzene rings is 2. The average molecular weight is 368 g/mol. The van der Waals surface area contributed by atoms with E-state index in [9.17, 15) is 13.6 Å². The highest BCUT2D eigenvalue weighted by molar-refractivity contribution is 5.58. The second-order valence-corrected chi connectivity index (χ2v) is 6.66. The fourth-order valence-corrected chi connectivity index (χ4v) is 3.31. The van der Waals surface area contributed by atoms with Gasteiger partial charge in [0.2, 0.25) is 0 Å².